The SMILES string of the molecule is Cc1ccc(N2N=C(C(=O)c3ccccc3)SC23SC(c2ccc(Cl)cc2)(c2ccc(Cl)cc2)c2ccccc23)cc1. The highest BCUT2D eigenvalue weighted by Crippen LogP contribution is 2.71. The second-order valence-electron chi connectivity index (χ2n) is 10.3. The number of fused-ring (bicyclic) bond motifs is 2. The van der Waals surface area contributed by atoms with Crippen LogP contribution in [-0.2, 0) is 8.95 Å². The molecule has 0 radical (unpaired) electrons. The van der Waals surface area contributed by atoms with Gasteiger partial charge in [-0.15, -0.1) is 0 Å². The minimum absolute atomic E-state index is 0.0943. The van der Waals surface area contributed by atoms with E-state index in [-0.39, 0.29) is 5.78 Å². The fourth-order valence-corrected chi connectivity index (χ4v) is 9.53. The number of anilines is 1. The Morgan fingerprint density at radius 1 is 0.690 bits per heavy atom. The van der Waals surface area contributed by atoms with E-state index in [1.54, 1.807) is 11.8 Å². The van der Waals surface area contributed by atoms with Crippen molar-refractivity contribution in [2.45, 2.75) is 15.9 Å². The van der Waals surface area contributed by atoms with Crippen LogP contribution < -0.4 is 5.01 Å². The van der Waals surface area contributed by atoms with Gasteiger partial charge in [0.15, 0.2) is 9.25 Å². The Balaban J connectivity index is 1.48. The van der Waals surface area contributed by atoms with E-state index in [0.29, 0.717) is 20.7 Å². The molecule has 2 aliphatic heterocycles. The van der Waals surface area contributed by atoms with E-state index in [1.807, 2.05) is 59.6 Å². The summed E-state index contributed by atoms with van der Waals surface area (Å²) in [7, 11) is 0. The van der Waals surface area contributed by atoms with Crippen molar-refractivity contribution in [3.63, 3.8) is 0 Å². The number of nitrogens with zero attached hydrogens (tertiary/aromatic N) is 2. The molecule has 0 fully saturated rings. The molecule has 3 nitrogen and oxygen atoms in total. The highest BCUT2D eigenvalue weighted by atomic mass is 35.5. The molecule has 2 aliphatic rings. The number of aryl methyl sites for hydroxylation is 1. The largest absolute Gasteiger partial charge is 0.286 e. The standard InChI is InChI=1S/C35H24Cl2N2OS2/c1-23-11-21-29(22-12-23)39-35(41-33(38-39)32(40)24-7-3-2-4-8-24)31-10-6-5-9-30(31)34(42-35,25-13-17-27(36)18-14-25)26-15-19-28(37)20-16-26/h2-22H,1H3. The zero-order valence-corrected chi connectivity index (χ0v) is 25.6. The number of carbonyl (C=O) groups excluding carboxylic acids is 1. The average molecular weight is 624 g/mol. The van der Waals surface area contributed by atoms with Crippen LogP contribution in [0.2, 0.25) is 10.0 Å². The number of carbonyl (C=O) groups is 1. The highest BCUT2D eigenvalue weighted by molar-refractivity contribution is 8.27. The van der Waals surface area contributed by atoms with Gasteiger partial charge in [-0.2, -0.15) is 5.10 Å². The molecule has 2 heterocycles. The van der Waals surface area contributed by atoms with E-state index in [4.69, 9.17) is 28.3 Å². The summed E-state index contributed by atoms with van der Waals surface area (Å²) in [6.07, 6.45) is 0. The lowest BCUT2D eigenvalue weighted by molar-refractivity contribution is 0.106. The van der Waals surface area contributed by atoms with Gasteiger partial charge in [0.2, 0.25) is 5.78 Å². The molecule has 5 aromatic rings. The Labute approximate surface area is 263 Å². The zero-order valence-electron chi connectivity index (χ0n) is 22.5. The number of thioether (sulfide) groups is 2. The van der Waals surface area contributed by atoms with Crippen molar-refractivity contribution in [1.82, 2.24) is 0 Å². The molecule has 1 spiro atoms. The first-order chi connectivity index (χ1) is 20.4. The number of hydrazone groups is 1. The van der Waals surface area contributed by atoms with Crippen LogP contribution in [0.4, 0.5) is 5.69 Å². The second-order valence-corrected chi connectivity index (χ2v) is 14.0. The molecule has 7 heteroatoms. The molecule has 1 atom stereocenters. The predicted molar refractivity (Wildman–Crippen MR) is 178 cm³/mol. The number of hydrogen-bond donors (Lipinski definition) is 0. The van der Waals surface area contributed by atoms with E-state index in [9.17, 15) is 4.79 Å². The van der Waals surface area contributed by atoms with Crippen molar-refractivity contribution in [3.05, 3.63) is 171 Å². The fraction of sp³-hybridized carbons (Fsp3) is 0.0857. The summed E-state index contributed by atoms with van der Waals surface area (Å²) in [6.45, 7) is 2.07. The van der Waals surface area contributed by atoms with Gasteiger partial charge in [0.1, 0.15) is 0 Å². The van der Waals surface area contributed by atoms with E-state index in [1.165, 1.54) is 11.8 Å². The normalized spacial score (nSPS) is 18.6. The Kier molecular flexibility index (Phi) is 6.94. The minimum Gasteiger partial charge on any atom is -0.286 e. The number of hydrogen-bond acceptors (Lipinski definition) is 5. The highest BCUT2D eigenvalue weighted by Gasteiger charge is 2.61. The third kappa shape index (κ3) is 4.38. The van der Waals surface area contributed by atoms with E-state index in [2.05, 4.69) is 79.7 Å². The molecule has 5 aromatic carbocycles. The third-order valence-corrected chi connectivity index (χ3v) is 11.5. The van der Waals surface area contributed by atoms with Crippen molar-refractivity contribution in [1.29, 1.82) is 0 Å². The van der Waals surface area contributed by atoms with Crippen LogP contribution in [0.1, 0.15) is 38.2 Å². The molecule has 1 unspecified atom stereocenters. The summed E-state index contributed by atoms with van der Waals surface area (Å²) in [4.78, 5) is 13.9. The van der Waals surface area contributed by atoms with Crippen molar-refractivity contribution in [3.8, 4) is 0 Å². The molecule has 0 saturated heterocycles. The molecule has 0 bridgehead atoms. The molecular weight excluding hydrogens is 599 g/mol. The monoisotopic (exact) mass is 622 g/mol. The maximum absolute atomic E-state index is 13.9. The number of ketones is 1. The molecular formula is C35H24Cl2N2OS2. The van der Waals surface area contributed by atoms with Crippen molar-refractivity contribution in [2.24, 2.45) is 5.10 Å². The molecule has 206 valence electrons. The van der Waals surface area contributed by atoms with E-state index >= 15 is 0 Å². The van der Waals surface area contributed by atoms with Gasteiger partial charge in [0.25, 0.3) is 0 Å². The number of benzene rings is 5. The van der Waals surface area contributed by atoms with Gasteiger partial charge >= 0.3 is 0 Å². The summed E-state index contributed by atoms with van der Waals surface area (Å²) in [5.74, 6) is -0.0943. The van der Waals surface area contributed by atoms with Crippen LogP contribution in [0.25, 0.3) is 0 Å². The molecule has 7 rings (SSSR count). The first-order valence-corrected chi connectivity index (χ1v) is 15.9. The summed E-state index contributed by atoms with van der Waals surface area (Å²) in [6, 6.07) is 42.2. The van der Waals surface area contributed by atoms with Crippen molar-refractivity contribution < 1.29 is 4.79 Å². The quantitative estimate of drug-likeness (QED) is 0.183. The number of rotatable bonds is 5. The molecule has 42 heavy (non-hydrogen) atoms. The Bertz CT molecular complexity index is 1780. The lowest BCUT2D eigenvalue weighted by Crippen LogP contribution is -2.34. The van der Waals surface area contributed by atoms with Gasteiger partial charge in [-0.25, -0.2) is 5.01 Å². The van der Waals surface area contributed by atoms with Gasteiger partial charge < -0.3 is 0 Å². The summed E-state index contributed by atoms with van der Waals surface area (Å²) in [5, 5.41) is 8.91. The molecule has 0 aliphatic carbocycles. The minimum atomic E-state index is -0.773. The van der Waals surface area contributed by atoms with Crippen LogP contribution in [0.3, 0.4) is 0 Å². The molecule has 0 aromatic heterocycles. The fourth-order valence-electron chi connectivity index (χ4n) is 5.65. The van der Waals surface area contributed by atoms with E-state index in [0.717, 1.165) is 33.5 Å². The van der Waals surface area contributed by atoms with Gasteiger partial charge in [-0.1, -0.05) is 143 Å². The van der Waals surface area contributed by atoms with Gasteiger partial charge in [0.05, 0.1) is 10.4 Å². The zero-order chi connectivity index (χ0) is 28.9. The number of Topliss-reactive ketones (excluding diaryl/α,β-unsaturated/α-hetero) is 1. The topological polar surface area (TPSA) is 32.7 Å². The molecule has 0 amide bonds. The second kappa shape index (κ2) is 10.7. The molecule has 0 N–H and O–H groups in total. The third-order valence-electron chi connectivity index (χ3n) is 7.65. The van der Waals surface area contributed by atoms with Crippen LogP contribution in [0, 0.1) is 6.92 Å². The summed E-state index contributed by atoms with van der Waals surface area (Å²) < 4.78 is -1.41. The predicted octanol–water partition coefficient (Wildman–Crippen LogP) is 9.90. The summed E-state index contributed by atoms with van der Waals surface area (Å²) >= 11 is 16.1. The van der Waals surface area contributed by atoms with Gasteiger partial charge in [-0.3, -0.25) is 4.79 Å². The first kappa shape index (κ1) is 27.4. The van der Waals surface area contributed by atoms with Crippen molar-refractivity contribution >= 4 is 63.2 Å². The average Bonchev–Trinajstić information content (AvgIpc) is 3.55. The van der Waals surface area contributed by atoms with Gasteiger partial charge in [0, 0.05) is 21.2 Å². The van der Waals surface area contributed by atoms with Crippen LogP contribution in [0.15, 0.2) is 132 Å². The number of halogens is 2. The van der Waals surface area contributed by atoms with Crippen LogP contribution in [0.5, 0.6) is 0 Å². The lowest BCUT2D eigenvalue weighted by atomic mass is 9.82. The molecule has 0 saturated carbocycles. The van der Waals surface area contributed by atoms with Gasteiger partial charge in [-0.05, 0) is 60.0 Å². The Morgan fingerprint density at radius 2 is 1.24 bits per heavy atom. The van der Waals surface area contributed by atoms with Crippen LogP contribution in [-0.4, -0.2) is 10.8 Å². The van der Waals surface area contributed by atoms with Crippen LogP contribution >= 0.6 is 46.7 Å². The maximum Gasteiger partial charge on any atom is 0.219 e. The first-order valence-electron chi connectivity index (χ1n) is 13.5. The summed E-state index contributed by atoms with van der Waals surface area (Å²) in [5.41, 5.74) is 7.06. The van der Waals surface area contributed by atoms with E-state index < -0.39 is 8.95 Å². The Hall–Kier alpha value is -3.48. The lowest BCUT2D eigenvalue weighted by Gasteiger charge is -2.37. The maximum atomic E-state index is 13.9. The van der Waals surface area contributed by atoms with Crippen molar-refractivity contribution in [2.75, 3.05) is 5.01 Å². The Morgan fingerprint density at radius 3 is 1.83 bits per heavy atom. The smallest absolute Gasteiger partial charge is 0.219 e.